The maximum atomic E-state index is 5.92. The molecule has 0 saturated heterocycles. The number of hydrogen-bond acceptors (Lipinski definition) is 1. The first-order chi connectivity index (χ1) is 7.78. The summed E-state index contributed by atoms with van der Waals surface area (Å²) in [5.41, 5.74) is 0. The van der Waals surface area contributed by atoms with E-state index in [1.165, 1.54) is 25.7 Å². The van der Waals surface area contributed by atoms with Gasteiger partial charge in [0.05, 0.1) is 12.6 Å². The molecule has 0 aromatic carbocycles. The molecule has 1 heterocycles. The van der Waals surface area contributed by atoms with E-state index in [2.05, 4.69) is 41.7 Å². The number of hydrogen-bond donors (Lipinski definition) is 0. The Morgan fingerprint density at radius 1 is 1.31 bits per heavy atom. The van der Waals surface area contributed by atoms with Gasteiger partial charge in [0.1, 0.15) is 12.4 Å². The Kier molecular flexibility index (Phi) is 3.99. The zero-order valence-electron chi connectivity index (χ0n) is 10.4. The zero-order valence-corrected chi connectivity index (χ0v) is 10.4. The maximum Gasteiger partial charge on any atom is 0.245 e. The topological polar surface area (TPSA) is 18.0 Å². The fourth-order valence-corrected chi connectivity index (χ4v) is 2.29. The van der Waals surface area contributed by atoms with Gasteiger partial charge in [0, 0.05) is 0 Å². The molecule has 90 valence electrons. The van der Waals surface area contributed by atoms with Gasteiger partial charge in [0.2, 0.25) is 6.33 Å². The SMILES string of the molecule is CCn1cc[n+](COC2CCC(C)CC2)c1. The van der Waals surface area contributed by atoms with E-state index < -0.39 is 0 Å². The van der Waals surface area contributed by atoms with Crippen LogP contribution in [0.25, 0.3) is 0 Å². The minimum Gasteiger partial charge on any atom is -0.338 e. The van der Waals surface area contributed by atoms with Crippen molar-refractivity contribution in [2.24, 2.45) is 5.92 Å². The lowest BCUT2D eigenvalue weighted by atomic mass is 9.89. The highest BCUT2D eigenvalue weighted by molar-refractivity contribution is 4.69. The maximum absolute atomic E-state index is 5.92. The van der Waals surface area contributed by atoms with E-state index in [0.717, 1.165) is 12.5 Å². The fourth-order valence-electron chi connectivity index (χ4n) is 2.29. The highest BCUT2D eigenvalue weighted by atomic mass is 16.5. The molecule has 0 bridgehead atoms. The summed E-state index contributed by atoms with van der Waals surface area (Å²) in [7, 11) is 0. The Hall–Kier alpha value is -0.830. The number of aromatic nitrogens is 2. The van der Waals surface area contributed by atoms with Crippen molar-refractivity contribution < 1.29 is 9.30 Å². The average Bonchev–Trinajstić information content (AvgIpc) is 2.76. The monoisotopic (exact) mass is 223 g/mol. The first-order valence-electron chi connectivity index (χ1n) is 6.44. The van der Waals surface area contributed by atoms with E-state index in [0.29, 0.717) is 12.8 Å². The molecule has 16 heavy (non-hydrogen) atoms. The summed E-state index contributed by atoms with van der Waals surface area (Å²) < 4.78 is 10.2. The quantitative estimate of drug-likeness (QED) is 0.717. The van der Waals surface area contributed by atoms with Crippen LogP contribution < -0.4 is 4.57 Å². The molecule has 2 rings (SSSR count). The van der Waals surface area contributed by atoms with Crippen molar-refractivity contribution >= 4 is 0 Å². The van der Waals surface area contributed by atoms with Gasteiger partial charge in [-0.05, 0) is 38.5 Å². The van der Waals surface area contributed by atoms with Crippen LogP contribution in [-0.4, -0.2) is 10.7 Å². The van der Waals surface area contributed by atoms with E-state index in [9.17, 15) is 0 Å². The highest BCUT2D eigenvalue weighted by Crippen LogP contribution is 2.25. The molecular formula is C13H23N2O+. The molecular weight excluding hydrogens is 200 g/mol. The van der Waals surface area contributed by atoms with Crippen LogP contribution in [0.3, 0.4) is 0 Å². The van der Waals surface area contributed by atoms with Crippen LogP contribution in [0.15, 0.2) is 18.7 Å². The molecule has 1 fully saturated rings. The third-order valence-electron chi connectivity index (χ3n) is 3.53. The third-order valence-corrected chi connectivity index (χ3v) is 3.53. The van der Waals surface area contributed by atoms with Crippen LogP contribution >= 0.6 is 0 Å². The Balaban J connectivity index is 1.74. The minimum atomic E-state index is 0.480. The molecule has 0 radical (unpaired) electrons. The second-order valence-corrected chi connectivity index (χ2v) is 4.94. The zero-order chi connectivity index (χ0) is 11.4. The largest absolute Gasteiger partial charge is 0.338 e. The lowest BCUT2D eigenvalue weighted by Crippen LogP contribution is -2.35. The van der Waals surface area contributed by atoms with Crippen LogP contribution in [0.4, 0.5) is 0 Å². The van der Waals surface area contributed by atoms with Gasteiger partial charge in [-0.3, -0.25) is 0 Å². The summed E-state index contributed by atoms with van der Waals surface area (Å²) in [6.07, 6.45) is 11.9. The Labute approximate surface area is 98.0 Å². The van der Waals surface area contributed by atoms with Gasteiger partial charge >= 0.3 is 0 Å². The lowest BCUT2D eigenvalue weighted by Gasteiger charge is -2.25. The molecule has 0 N–H and O–H groups in total. The summed E-state index contributed by atoms with van der Waals surface area (Å²) in [6, 6.07) is 0. The average molecular weight is 223 g/mol. The third kappa shape index (κ3) is 3.08. The molecule has 0 amide bonds. The normalized spacial score (nSPS) is 25.9. The van der Waals surface area contributed by atoms with Crippen molar-refractivity contribution in [1.82, 2.24) is 4.57 Å². The highest BCUT2D eigenvalue weighted by Gasteiger charge is 2.19. The first kappa shape index (κ1) is 11.6. The molecule has 0 aliphatic heterocycles. The van der Waals surface area contributed by atoms with Crippen LogP contribution in [0.1, 0.15) is 39.5 Å². The number of rotatable bonds is 4. The summed E-state index contributed by atoms with van der Waals surface area (Å²) in [6.45, 7) is 6.21. The lowest BCUT2D eigenvalue weighted by molar-refractivity contribution is -0.734. The summed E-state index contributed by atoms with van der Waals surface area (Å²) >= 11 is 0. The summed E-state index contributed by atoms with van der Waals surface area (Å²) in [4.78, 5) is 0. The van der Waals surface area contributed by atoms with Crippen molar-refractivity contribution in [2.75, 3.05) is 0 Å². The van der Waals surface area contributed by atoms with Crippen LogP contribution in [0.5, 0.6) is 0 Å². The van der Waals surface area contributed by atoms with Gasteiger partial charge in [-0.2, -0.15) is 0 Å². The minimum absolute atomic E-state index is 0.480. The van der Waals surface area contributed by atoms with Crippen LogP contribution in [-0.2, 0) is 18.0 Å². The molecule has 0 atom stereocenters. The van der Waals surface area contributed by atoms with Crippen LogP contribution in [0.2, 0.25) is 0 Å². The molecule has 3 heteroatoms. The first-order valence-corrected chi connectivity index (χ1v) is 6.44. The summed E-state index contributed by atoms with van der Waals surface area (Å²) in [5.74, 6) is 0.897. The molecule has 1 aliphatic carbocycles. The Morgan fingerprint density at radius 3 is 2.69 bits per heavy atom. The number of aryl methyl sites for hydroxylation is 1. The van der Waals surface area contributed by atoms with Gasteiger partial charge < -0.3 is 4.74 Å². The van der Waals surface area contributed by atoms with Gasteiger partial charge in [-0.15, -0.1) is 0 Å². The van der Waals surface area contributed by atoms with Crippen molar-refractivity contribution in [3.05, 3.63) is 18.7 Å². The second kappa shape index (κ2) is 5.48. The summed E-state index contributed by atoms with van der Waals surface area (Å²) in [5, 5.41) is 0. The molecule has 0 unspecified atom stereocenters. The van der Waals surface area contributed by atoms with E-state index >= 15 is 0 Å². The molecule has 1 aromatic heterocycles. The van der Waals surface area contributed by atoms with Crippen molar-refractivity contribution in [3.63, 3.8) is 0 Å². The number of nitrogens with zero attached hydrogens (tertiary/aromatic N) is 2. The van der Waals surface area contributed by atoms with Gasteiger partial charge in [-0.25, -0.2) is 9.13 Å². The van der Waals surface area contributed by atoms with Gasteiger partial charge in [-0.1, -0.05) is 6.92 Å². The van der Waals surface area contributed by atoms with Crippen LogP contribution in [0, 0.1) is 5.92 Å². The van der Waals surface area contributed by atoms with E-state index in [1.54, 1.807) is 0 Å². The Bertz CT molecular complexity index is 313. The van der Waals surface area contributed by atoms with E-state index in [-0.39, 0.29) is 0 Å². The number of imidazole rings is 1. The molecule has 3 nitrogen and oxygen atoms in total. The molecule has 0 spiro atoms. The van der Waals surface area contributed by atoms with Crippen molar-refractivity contribution in [1.29, 1.82) is 0 Å². The van der Waals surface area contributed by atoms with E-state index in [4.69, 9.17) is 4.74 Å². The van der Waals surface area contributed by atoms with Gasteiger partial charge in [0.25, 0.3) is 0 Å². The molecule has 1 saturated carbocycles. The molecule has 1 aliphatic rings. The smallest absolute Gasteiger partial charge is 0.245 e. The second-order valence-electron chi connectivity index (χ2n) is 4.94. The predicted molar refractivity (Wildman–Crippen MR) is 62.8 cm³/mol. The Morgan fingerprint density at radius 2 is 2.06 bits per heavy atom. The van der Waals surface area contributed by atoms with Crippen molar-refractivity contribution in [2.45, 2.75) is 58.9 Å². The fraction of sp³-hybridized carbons (Fsp3) is 0.769. The predicted octanol–water partition coefficient (Wildman–Crippen LogP) is 2.35. The van der Waals surface area contributed by atoms with E-state index in [1.807, 2.05) is 0 Å². The van der Waals surface area contributed by atoms with Crippen molar-refractivity contribution in [3.8, 4) is 0 Å². The van der Waals surface area contributed by atoms with Gasteiger partial charge in [0.15, 0.2) is 6.73 Å². The number of ether oxygens (including phenoxy) is 1. The standard InChI is InChI=1S/C13H23N2O/c1-3-14-8-9-15(10-14)11-16-13-6-4-12(2)5-7-13/h8-10,12-13H,3-7,11H2,1-2H3/q+1. The molecule has 1 aromatic rings.